The number of alkyl halides is 3. The Balaban J connectivity index is 1.62. The maximum absolute atomic E-state index is 12.9. The fourth-order valence-corrected chi connectivity index (χ4v) is 3.90. The number of hydrogen-bond acceptors (Lipinski definition) is 3. The Hall–Kier alpha value is -3.03. The highest BCUT2D eigenvalue weighted by molar-refractivity contribution is 6.06. The van der Waals surface area contributed by atoms with E-state index in [1.807, 2.05) is 10.9 Å². The van der Waals surface area contributed by atoms with E-state index in [-0.39, 0.29) is 5.56 Å². The van der Waals surface area contributed by atoms with Crippen molar-refractivity contribution in [2.24, 2.45) is 0 Å². The van der Waals surface area contributed by atoms with Crippen LogP contribution in [-0.2, 0) is 6.18 Å². The first kappa shape index (κ1) is 20.3. The topological polar surface area (TPSA) is 56.1 Å². The monoisotopic (exact) mass is 417 g/mol. The minimum absolute atomic E-state index is 0.0788. The molecule has 4 rings (SSSR count). The van der Waals surface area contributed by atoms with Gasteiger partial charge in [-0.05, 0) is 37.1 Å². The molecule has 1 aliphatic rings. The van der Waals surface area contributed by atoms with Crippen LogP contribution < -0.4 is 10.1 Å². The minimum Gasteiger partial charge on any atom is -0.494 e. The Morgan fingerprint density at radius 3 is 2.63 bits per heavy atom. The number of carbonyl (C=O) groups is 1. The first-order valence-electron chi connectivity index (χ1n) is 9.90. The standard InChI is InChI=1S/C22H22F3N3O2/c1-30-20-12-18-15(13-28(27-18)17-8-3-2-4-9-17)11-19(20)26-21(29)14-6-5-7-16(10-14)22(23,24)25/h5-7,10-13,17H,2-4,8-9H2,1H3,(H,26,29). The quantitative estimate of drug-likeness (QED) is 0.582. The molecule has 2 aromatic carbocycles. The largest absolute Gasteiger partial charge is 0.494 e. The van der Waals surface area contributed by atoms with E-state index in [1.165, 1.54) is 38.5 Å². The van der Waals surface area contributed by atoms with Crippen LogP contribution in [0, 0.1) is 0 Å². The molecule has 8 heteroatoms. The second kappa shape index (κ2) is 8.01. The number of ether oxygens (including phenoxy) is 1. The van der Waals surface area contributed by atoms with Crippen LogP contribution in [0.15, 0.2) is 42.6 Å². The molecule has 158 valence electrons. The lowest BCUT2D eigenvalue weighted by Gasteiger charge is -2.21. The first-order chi connectivity index (χ1) is 14.3. The van der Waals surface area contributed by atoms with Crippen LogP contribution in [0.25, 0.3) is 10.9 Å². The van der Waals surface area contributed by atoms with E-state index in [1.54, 1.807) is 12.1 Å². The van der Waals surface area contributed by atoms with Crippen molar-refractivity contribution in [1.82, 2.24) is 9.78 Å². The summed E-state index contributed by atoms with van der Waals surface area (Å²) < 4.78 is 46.2. The van der Waals surface area contributed by atoms with Crippen molar-refractivity contribution in [1.29, 1.82) is 0 Å². The zero-order valence-electron chi connectivity index (χ0n) is 16.5. The molecule has 3 aromatic rings. The number of methoxy groups -OCH3 is 1. The summed E-state index contributed by atoms with van der Waals surface area (Å²) in [6.07, 6.45) is 3.22. The number of aromatic nitrogens is 2. The molecule has 0 atom stereocenters. The fourth-order valence-electron chi connectivity index (χ4n) is 3.90. The summed E-state index contributed by atoms with van der Waals surface area (Å²) in [7, 11) is 1.47. The molecule has 0 saturated heterocycles. The molecule has 0 spiro atoms. The molecular weight excluding hydrogens is 395 g/mol. The van der Waals surface area contributed by atoms with Crippen molar-refractivity contribution in [2.45, 2.75) is 44.3 Å². The van der Waals surface area contributed by atoms with Crippen LogP contribution in [0.1, 0.15) is 54.1 Å². The number of amides is 1. The Morgan fingerprint density at radius 1 is 1.17 bits per heavy atom. The van der Waals surface area contributed by atoms with Crippen molar-refractivity contribution in [3.8, 4) is 5.75 Å². The highest BCUT2D eigenvalue weighted by Crippen LogP contribution is 2.34. The van der Waals surface area contributed by atoms with E-state index >= 15 is 0 Å². The number of nitrogens with one attached hydrogen (secondary N) is 1. The van der Waals surface area contributed by atoms with Crippen LogP contribution in [0.5, 0.6) is 5.75 Å². The second-order valence-electron chi connectivity index (χ2n) is 7.54. The predicted octanol–water partition coefficient (Wildman–Crippen LogP) is 5.82. The van der Waals surface area contributed by atoms with Gasteiger partial charge in [-0.1, -0.05) is 25.3 Å². The van der Waals surface area contributed by atoms with Gasteiger partial charge in [0.05, 0.1) is 29.9 Å². The van der Waals surface area contributed by atoms with Crippen LogP contribution >= 0.6 is 0 Å². The molecule has 1 amide bonds. The average Bonchev–Trinajstić information content (AvgIpc) is 3.16. The summed E-state index contributed by atoms with van der Waals surface area (Å²) in [5, 5.41) is 8.16. The zero-order chi connectivity index (χ0) is 21.3. The van der Waals surface area contributed by atoms with E-state index < -0.39 is 17.6 Å². The third-order valence-electron chi connectivity index (χ3n) is 5.49. The summed E-state index contributed by atoms with van der Waals surface area (Å²) in [4.78, 5) is 12.6. The van der Waals surface area contributed by atoms with Crippen LogP contribution in [0.3, 0.4) is 0 Å². The number of anilines is 1. The van der Waals surface area contributed by atoms with Gasteiger partial charge < -0.3 is 10.1 Å². The lowest BCUT2D eigenvalue weighted by Crippen LogP contribution is -2.14. The number of halogens is 3. The van der Waals surface area contributed by atoms with E-state index in [4.69, 9.17) is 4.74 Å². The molecule has 1 aliphatic carbocycles. The normalized spacial score (nSPS) is 15.3. The highest BCUT2D eigenvalue weighted by atomic mass is 19.4. The molecule has 0 radical (unpaired) electrons. The molecule has 0 unspecified atom stereocenters. The minimum atomic E-state index is -4.51. The van der Waals surface area contributed by atoms with Gasteiger partial charge in [-0.15, -0.1) is 0 Å². The number of nitrogens with zero attached hydrogens (tertiary/aromatic N) is 2. The first-order valence-corrected chi connectivity index (χ1v) is 9.90. The van der Waals surface area contributed by atoms with Crippen molar-refractivity contribution < 1.29 is 22.7 Å². The lowest BCUT2D eigenvalue weighted by atomic mass is 9.96. The summed E-state index contributed by atoms with van der Waals surface area (Å²) in [6.45, 7) is 0. The maximum atomic E-state index is 12.9. The number of rotatable bonds is 4. The summed E-state index contributed by atoms with van der Waals surface area (Å²) >= 11 is 0. The van der Waals surface area contributed by atoms with Crippen molar-refractivity contribution in [3.05, 3.63) is 53.7 Å². The Kier molecular flexibility index (Phi) is 5.40. The lowest BCUT2D eigenvalue weighted by molar-refractivity contribution is -0.137. The fraction of sp³-hybridized carbons (Fsp3) is 0.364. The van der Waals surface area contributed by atoms with Gasteiger partial charge in [-0.25, -0.2) is 0 Å². The Morgan fingerprint density at radius 2 is 1.93 bits per heavy atom. The SMILES string of the molecule is COc1cc2nn(C3CCCCC3)cc2cc1NC(=O)c1cccc(C(F)(F)F)c1. The maximum Gasteiger partial charge on any atom is 0.416 e. The van der Waals surface area contributed by atoms with Crippen LogP contribution in [0.4, 0.5) is 18.9 Å². The molecule has 1 heterocycles. The predicted molar refractivity (Wildman–Crippen MR) is 108 cm³/mol. The van der Waals surface area contributed by atoms with Gasteiger partial charge in [0.25, 0.3) is 5.91 Å². The van der Waals surface area contributed by atoms with Gasteiger partial charge >= 0.3 is 6.18 Å². The van der Waals surface area contributed by atoms with Crippen molar-refractivity contribution >= 4 is 22.5 Å². The molecule has 1 saturated carbocycles. The molecule has 5 nitrogen and oxygen atoms in total. The number of carbonyl (C=O) groups excluding carboxylic acids is 1. The Labute approximate surface area is 171 Å². The highest BCUT2D eigenvalue weighted by Gasteiger charge is 2.31. The van der Waals surface area contributed by atoms with E-state index in [0.29, 0.717) is 17.5 Å². The van der Waals surface area contributed by atoms with Gasteiger partial charge in [0, 0.05) is 23.2 Å². The second-order valence-corrected chi connectivity index (χ2v) is 7.54. The van der Waals surface area contributed by atoms with Gasteiger partial charge in [0.1, 0.15) is 5.75 Å². The number of hydrogen-bond donors (Lipinski definition) is 1. The molecule has 1 aromatic heterocycles. The molecule has 1 fully saturated rings. The van der Waals surface area contributed by atoms with Gasteiger partial charge in [0.15, 0.2) is 0 Å². The summed E-state index contributed by atoms with van der Waals surface area (Å²) in [5.41, 5.74) is 0.182. The smallest absolute Gasteiger partial charge is 0.416 e. The van der Waals surface area contributed by atoms with Crippen LogP contribution in [0.2, 0.25) is 0 Å². The average molecular weight is 417 g/mol. The third kappa shape index (κ3) is 4.13. The van der Waals surface area contributed by atoms with Gasteiger partial charge in [-0.3, -0.25) is 9.48 Å². The molecular formula is C22H22F3N3O2. The van der Waals surface area contributed by atoms with Crippen molar-refractivity contribution in [2.75, 3.05) is 12.4 Å². The van der Waals surface area contributed by atoms with E-state index in [0.717, 1.165) is 35.9 Å². The molecule has 0 bridgehead atoms. The van der Waals surface area contributed by atoms with E-state index in [9.17, 15) is 18.0 Å². The number of fused-ring (bicyclic) bond motifs is 1. The molecule has 0 aliphatic heterocycles. The van der Waals surface area contributed by atoms with Gasteiger partial charge in [0.2, 0.25) is 0 Å². The summed E-state index contributed by atoms with van der Waals surface area (Å²) in [6, 6.07) is 8.16. The van der Waals surface area contributed by atoms with Crippen molar-refractivity contribution in [3.63, 3.8) is 0 Å². The van der Waals surface area contributed by atoms with Crippen LogP contribution in [-0.4, -0.2) is 22.8 Å². The van der Waals surface area contributed by atoms with E-state index in [2.05, 4.69) is 10.4 Å². The third-order valence-corrected chi connectivity index (χ3v) is 5.49. The number of benzene rings is 2. The Bertz CT molecular complexity index is 1070. The zero-order valence-corrected chi connectivity index (χ0v) is 16.5. The molecule has 1 N–H and O–H groups in total. The molecule has 30 heavy (non-hydrogen) atoms. The van der Waals surface area contributed by atoms with Gasteiger partial charge in [-0.2, -0.15) is 18.3 Å². The summed E-state index contributed by atoms with van der Waals surface area (Å²) in [5.74, 6) is -0.241.